The first-order valence-corrected chi connectivity index (χ1v) is 7.17. The summed E-state index contributed by atoms with van der Waals surface area (Å²) in [7, 11) is 0. The summed E-state index contributed by atoms with van der Waals surface area (Å²) in [5.74, 6) is -0.961. The highest BCUT2D eigenvalue weighted by Gasteiger charge is 2.22. The number of aromatic nitrogens is 1. The Morgan fingerprint density at radius 3 is 2.44 bits per heavy atom. The maximum atomic E-state index is 11.1. The molecule has 2 heterocycles. The van der Waals surface area contributed by atoms with E-state index in [0.29, 0.717) is 5.69 Å². The lowest BCUT2D eigenvalue weighted by molar-refractivity contribution is 0.0703. The Kier molecular flexibility index (Phi) is 3.41. The van der Waals surface area contributed by atoms with Crippen molar-refractivity contribution in [3.63, 3.8) is 0 Å². The average Bonchev–Trinajstić information content (AvgIpc) is 2.78. The second-order valence-electron chi connectivity index (χ2n) is 3.96. The Bertz CT molecular complexity index is 614. The molecule has 2 rings (SSSR count). The van der Waals surface area contributed by atoms with Gasteiger partial charge < -0.3 is 10.8 Å². The highest BCUT2D eigenvalue weighted by atomic mass is 32.1. The third kappa shape index (κ3) is 2.02. The lowest BCUT2D eigenvalue weighted by atomic mass is 10.1. The van der Waals surface area contributed by atoms with E-state index in [1.165, 1.54) is 11.3 Å². The molecule has 0 fully saturated rings. The number of rotatable bonds is 3. The van der Waals surface area contributed by atoms with Crippen LogP contribution in [-0.2, 0) is 6.42 Å². The van der Waals surface area contributed by atoms with Crippen LogP contribution in [0, 0.1) is 13.8 Å². The summed E-state index contributed by atoms with van der Waals surface area (Å²) < 4.78 is 0. The van der Waals surface area contributed by atoms with E-state index in [2.05, 4.69) is 4.98 Å². The van der Waals surface area contributed by atoms with Gasteiger partial charge in [-0.05, 0) is 25.8 Å². The number of hydrogen-bond donors (Lipinski definition) is 2. The number of nitrogens with two attached hydrogens (primary N) is 1. The minimum absolute atomic E-state index is 0.229. The lowest BCUT2D eigenvalue weighted by Gasteiger charge is -2.00. The molecular formula is C12H14N2O2S2. The summed E-state index contributed by atoms with van der Waals surface area (Å²) in [5.41, 5.74) is 8.18. The first-order valence-electron chi connectivity index (χ1n) is 5.54. The molecule has 18 heavy (non-hydrogen) atoms. The predicted octanol–water partition coefficient (Wildman–Crippen LogP) is 3.33. The van der Waals surface area contributed by atoms with Gasteiger partial charge in [-0.3, -0.25) is 0 Å². The van der Waals surface area contributed by atoms with Crippen molar-refractivity contribution in [2.24, 2.45) is 0 Å². The molecule has 0 aliphatic rings. The highest BCUT2D eigenvalue weighted by Crippen LogP contribution is 2.42. The van der Waals surface area contributed by atoms with E-state index in [4.69, 9.17) is 10.8 Å². The fourth-order valence-electron chi connectivity index (χ4n) is 1.91. The first kappa shape index (κ1) is 13.0. The molecule has 2 aromatic heterocycles. The van der Waals surface area contributed by atoms with Crippen molar-refractivity contribution in [2.75, 3.05) is 5.73 Å². The number of carboxylic acids is 1. The smallest absolute Gasteiger partial charge is 0.348 e. The Morgan fingerprint density at radius 2 is 2.00 bits per heavy atom. The van der Waals surface area contributed by atoms with E-state index in [1.54, 1.807) is 11.3 Å². The molecule has 0 radical (unpaired) electrons. The molecule has 0 aliphatic carbocycles. The Hall–Kier alpha value is -1.40. The quantitative estimate of drug-likeness (QED) is 0.905. The van der Waals surface area contributed by atoms with E-state index in [1.807, 2.05) is 20.8 Å². The molecule has 0 aromatic carbocycles. The maximum absolute atomic E-state index is 11.1. The molecule has 4 nitrogen and oxygen atoms in total. The molecule has 0 saturated heterocycles. The maximum Gasteiger partial charge on any atom is 0.348 e. The van der Waals surface area contributed by atoms with Crippen LogP contribution in [0.25, 0.3) is 9.75 Å². The summed E-state index contributed by atoms with van der Waals surface area (Å²) in [5, 5.41) is 10.1. The van der Waals surface area contributed by atoms with Crippen LogP contribution in [0.15, 0.2) is 0 Å². The fourth-order valence-corrected chi connectivity index (χ4v) is 4.19. The van der Waals surface area contributed by atoms with E-state index >= 15 is 0 Å². The molecule has 0 aliphatic heterocycles. The number of anilines is 1. The number of thiophene rings is 1. The van der Waals surface area contributed by atoms with Crippen LogP contribution in [0.2, 0.25) is 0 Å². The minimum atomic E-state index is -0.961. The number of carboxylic acid groups (broad SMARTS) is 1. The van der Waals surface area contributed by atoms with Crippen molar-refractivity contribution < 1.29 is 9.90 Å². The monoisotopic (exact) mass is 282 g/mol. The van der Waals surface area contributed by atoms with Crippen LogP contribution >= 0.6 is 22.7 Å². The second-order valence-corrected chi connectivity index (χ2v) is 6.18. The summed E-state index contributed by atoms with van der Waals surface area (Å²) in [6, 6.07) is 0. The number of nitrogen functional groups attached to an aromatic ring is 1. The normalized spacial score (nSPS) is 10.8. The van der Waals surface area contributed by atoms with Gasteiger partial charge >= 0.3 is 5.97 Å². The number of aromatic carboxylic acids is 1. The van der Waals surface area contributed by atoms with Gasteiger partial charge in [-0.1, -0.05) is 6.92 Å². The van der Waals surface area contributed by atoms with E-state index in [-0.39, 0.29) is 4.88 Å². The van der Waals surface area contributed by atoms with Gasteiger partial charge in [0.05, 0.1) is 26.1 Å². The van der Waals surface area contributed by atoms with E-state index in [9.17, 15) is 4.79 Å². The number of carbonyl (C=O) groups is 1. The van der Waals surface area contributed by atoms with Gasteiger partial charge in [-0.25, -0.2) is 9.78 Å². The average molecular weight is 282 g/mol. The van der Waals surface area contributed by atoms with Crippen LogP contribution < -0.4 is 5.73 Å². The number of nitrogens with zero attached hydrogens (tertiary/aromatic N) is 1. The standard InChI is InChI=1S/C12H14N2O2S2/c1-4-7-8(13)11(12(15)16)18-10(7)9-5(2)14-6(3)17-9/h4,13H2,1-3H3,(H,15,16). The molecule has 0 amide bonds. The molecule has 0 unspecified atom stereocenters. The molecule has 0 saturated carbocycles. The zero-order valence-corrected chi connectivity index (χ0v) is 12.0. The fraction of sp³-hybridized carbons (Fsp3) is 0.333. The van der Waals surface area contributed by atoms with Crippen LogP contribution in [0.4, 0.5) is 5.69 Å². The summed E-state index contributed by atoms with van der Waals surface area (Å²) in [4.78, 5) is 17.7. The summed E-state index contributed by atoms with van der Waals surface area (Å²) >= 11 is 2.83. The first-order chi connectivity index (χ1) is 8.45. The van der Waals surface area contributed by atoms with Crippen molar-refractivity contribution in [1.82, 2.24) is 4.98 Å². The molecule has 96 valence electrons. The lowest BCUT2D eigenvalue weighted by Crippen LogP contribution is -1.99. The number of thiazole rings is 1. The van der Waals surface area contributed by atoms with Crippen LogP contribution in [-0.4, -0.2) is 16.1 Å². The largest absolute Gasteiger partial charge is 0.477 e. The zero-order chi connectivity index (χ0) is 13.4. The summed E-state index contributed by atoms with van der Waals surface area (Å²) in [6.07, 6.45) is 0.724. The minimum Gasteiger partial charge on any atom is -0.477 e. The third-order valence-corrected chi connectivity index (χ3v) is 5.18. The van der Waals surface area contributed by atoms with E-state index in [0.717, 1.165) is 32.4 Å². The van der Waals surface area contributed by atoms with Crippen molar-refractivity contribution >= 4 is 34.3 Å². The summed E-state index contributed by atoms with van der Waals surface area (Å²) in [6.45, 7) is 5.87. The van der Waals surface area contributed by atoms with Gasteiger partial charge in [0.2, 0.25) is 0 Å². The number of aryl methyl sites for hydroxylation is 2. The van der Waals surface area contributed by atoms with Crippen LogP contribution in [0.1, 0.15) is 32.9 Å². The van der Waals surface area contributed by atoms with E-state index < -0.39 is 5.97 Å². The Labute approximate surface area is 113 Å². The van der Waals surface area contributed by atoms with Gasteiger partial charge in [0, 0.05) is 0 Å². The Morgan fingerprint density at radius 1 is 1.33 bits per heavy atom. The zero-order valence-electron chi connectivity index (χ0n) is 10.4. The molecule has 0 atom stereocenters. The third-order valence-electron chi connectivity index (χ3n) is 2.71. The Balaban J connectivity index is 2.67. The molecule has 0 spiro atoms. The molecule has 2 aromatic rings. The van der Waals surface area contributed by atoms with Crippen molar-refractivity contribution in [1.29, 1.82) is 0 Å². The van der Waals surface area contributed by atoms with Gasteiger partial charge in [-0.2, -0.15) is 0 Å². The topological polar surface area (TPSA) is 76.2 Å². The van der Waals surface area contributed by atoms with Gasteiger partial charge in [0.1, 0.15) is 4.88 Å². The second kappa shape index (κ2) is 4.70. The molecule has 6 heteroatoms. The van der Waals surface area contributed by atoms with Gasteiger partial charge in [0.25, 0.3) is 0 Å². The van der Waals surface area contributed by atoms with Crippen molar-refractivity contribution in [3.8, 4) is 9.75 Å². The van der Waals surface area contributed by atoms with Gasteiger partial charge in [-0.15, -0.1) is 22.7 Å². The van der Waals surface area contributed by atoms with Crippen LogP contribution in [0.3, 0.4) is 0 Å². The van der Waals surface area contributed by atoms with Crippen molar-refractivity contribution in [3.05, 3.63) is 21.1 Å². The highest BCUT2D eigenvalue weighted by molar-refractivity contribution is 7.23. The molecule has 0 bridgehead atoms. The predicted molar refractivity (Wildman–Crippen MR) is 75.7 cm³/mol. The van der Waals surface area contributed by atoms with Crippen molar-refractivity contribution in [2.45, 2.75) is 27.2 Å². The molecular weight excluding hydrogens is 268 g/mol. The SMILES string of the molecule is CCc1c(-c2sc(C)nc2C)sc(C(=O)O)c1N. The van der Waals surface area contributed by atoms with Gasteiger partial charge in [0.15, 0.2) is 0 Å². The van der Waals surface area contributed by atoms with Crippen LogP contribution in [0.5, 0.6) is 0 Å². The molecule has 3 N–H and O–H groups in total. The number of hydrogen-bond acceptors (Lipinski definition) is 5.